The van der Waals surface area contributed by atoms with Crippen molar-refractivity contribution in [2.75, 3.05) is 38.7 Å². The third-order valence-electron chi connectivity index (χ3n) is 5.63. The van der Waals surface area contributed by atoms with Crippen molar-refractivity contribution in [1.82, 2.24) is 4.90 Å². The molecule has 146 valence electrons. The number of anilines is 1. The van der Waals surface area contributed by atoms with Gasteiger partial charge in [-0.05, 0) is 31.0 Å². The van der Waals surface area contributed by atoms with Crippen molar-refractivity contribution in [3.63, 3.8) is 0 Å². The molecule has 8 heteroatoms. The van der Waals surface area contributed by atoms with Crippen LogP contribution in [0.5, 0.6) is 5.75 Å². The topological polar surface area (TPSA) is 77.1 Å². The molecule has 2 heterocycles. The van der Waals surface area contributed by atoms with E-state index in [0.717, 1.165) is 0 Å². The summed E-state index contributed by atoms with van der Waals surface area (Å²) in [6.07, 6.45) is 2.38. The van der Waals surface area contributed by atoms with Gasteiger partial charge < -0.3 is 24.4 Å². The van der Waals surface area contributed by atoms with Crippen LogP contribution in [0.15, 0.2) is 18.2 Å². The van der Waals surface area contributed by atoms with Gasteiger partial charge in [0.15, 0.2) is 5.79 Å². The van der Waals surface area contributed by atoms with E-state index in [1.165, 1.54) is 7.11 Å². The SMILES string of the molecule is COc1ccc(Cl)cc1NC(=O)C1(C(=O)N2CCC3(CC2)OCCO3)CC1. The Balaban J connectivity index is 1.43. The van der Waals surface area contributed by atoms with E-state index >= 15 is 0 Å². The van der Waals surface area contributed by atoms with Gasteiger partial charge in [0.25, 0.3) is 0 Å². The molecule has 7 nitrogen and oxygen atoms in total. The van der Waals surface area contributed by atoms with Crippen LogP contribution < -0.4 is 10.1 Å². The molecule has 27 heavy (non-hydrogen) atoms. The maximum atomic E-state index is 13.1. The minimum Gasteiger partial charge on any atom is -0.495 e. The maximum absolute atomic E-state index is 13.1. The highest BCUT2D eigenvalue weighted by Gasteiger charge is 2.59. The van der Waals surface area contributed by atoms with E-state index < -0.39 is 11.2 Å². The summed E-state index contributed by atoms with van der Waals surface area (Å²) in [6, 6.07) is 4.99. The maximum Gasteiger partial charge on any atom is 0.240 e. The molecule has 1 N–H and O–H groups in total. The number of halogens is 1. The van der Waals surface area contributed by atoms with Crippen LogP contribution in [0.4, 0.5) is 5.69 Å². The Hall–Kier alpha value is -1.83. The Kier molecular flexibility index (Phi) is 4.78. The van der Waals surface area contributed by atoms with Crippen LogP contribution in [0.1, 0.15) is 25.7 Å². The van der Waals surface area contributed by atoms with E-state index in [1.807, 2.05) is 0 Å². The Morgan fingerprint density at radius 3 is 2.41 bits per heavy atom. The lowest BCUT2D eigenvalue weighted by atomic mass is 9.98. The van der Waals surface area contributed by atoms with Crippen LogP contribution in [-0.2, 0) is 19.1 Å². The molecule has 4 rings (SSSR count). The molecule has 3 aliphatic rings. The molecule has 0 unspecified atom stereocenters. The number of rotatable bonds is 4. The fourth-order valence-corrected chi connectivity index (χ4v) is 3.99. The third-order valence-corrected chi connectivity index (χ3v) is 5.86. The number of carbonyl (C=O) groups excluding carboxylic acids is 2. The minimum absolute atomic E-state index is 0.117. The smallest absolute Gasteiger partial charge is 0.240 e. The molecule has 1 spiro atoms. The highest BCUT2D eigenvalue weighted by atomic mass is 35.5. The first-order valence-corrected chi connectivity index (χ1v) is 9.58. The molecular formula is C19H23ClN2O5. The lowest BCUT2D eigenvalue weighted by Crippen LogP contribution is -2.51. The van der Waals surface area contributed by atoms with Crippen LogP contribution in [0.3, 0.4) is 0 Å². The summed E-state index contributed by atoms with van der Waals surface area (Å²) in [5.74, 6) is -0.453. The molecule has 1 aromatic rings. The van der Waals surface area contributed by atoms with Gasteiger partial charge in [0, 0.05) is 31.0 Å². The van der Waals surface area contributed by atoms with Gasteiger partial charge in [-0.1, -0.05) is 11.6 Å². The van der Waals surface area contributed by atoms with Crippen molar-refractivity contribution in [3.05, 3.63) is 23.2 Å². The van der Waals surface area contributed by atoms with Gasteiger partial charge in [0.1, 0.15) is 11.2 Å². The van der Waals surface area contributed by atoms with E-state index in [2.05, 4.69) is 5.32 Å². The summed E-state index contributed by atoms with van der Waals surface area (Å²) in [5.41, 5.74) is -0.519. The summed E-state index contributed by atoms with van der Waals surface area (Å²) in [7, 11) is 1.52. The lowest BCUT2D eigenvalue weighted by Gasteiger charge is -2.38. The predicted octanol–water partition coefficient (Wildman–Crippen LogP) is 2.43. The van der Waals surface area contributed by atoms with Crippen molar-refractivity contribution in [1.29, 1.82) is 0 Å². The Morgan fingerprint density at radius 1 is 1.15 bits per heavy atom. The summed E-state index contributed by atoms with van der Waals surface area (Å²) in [5, 5.41) is 3.31. The van der Waals surface area contributed by atoms with Gasteiger partial charge in [-0.2, -0.15) is 0 Å². The van der Waals surface area contributed by atoms with Crippen molar-refractivity contribution in [2.45, 2.75) is 31.5 Å². The highest BCUT2D eigenvalue weighted by molar-refractivity contribution is 6.31. The van der Waals surface area contributed by atoms with Crippen LogP contribution in [-0.4, -0.2) is 55.9 Å². The second kappa shape index (κ2) is 6.96. The number of carbonyl (C=O) groups is 2. The van der Waals surface area contributed by atoms with Crippen LogP contribution >= 0.6 is 11.6 Å². The number of benzene rings is 1. The summed E-state index contributed by atoms with van der Waals surface area (Å²) < 4.78 is 16.7. The molecular weight excluding hydrogens is 372 g/mol. The second-order valence-corrected chi connectivity index (χ2v) is 7.72. The lowest BCUT2D eigenvalue weighted by molar-refractivity contribution is -0.188. The van der Waals surface area contributed by atoms with Crippen molar-refractivity contribution >= 4 is 29.1 Å². The average Bonchev–Trinajstić information content (AvgIpc) is 3.37. The number of methoxy groups -OCH3 is 1. The Morgan fingerprint density at radius 2 is 1.81 bits per heavy atom. The molecule has 1 aromatic carbocycles. The van der Waals surface area contributed by atoms with Crippen LogP contribution in [0.25, 0.3) is 0 Å². The summed E-state index contributed by atoms with van der Waals surface area (Å²) in [4.78, 5) is 27.7. The standard InChI is InChI=1S/C19H23ClN2O5/c1-25-15-3-2-13(20)12-14(15)21-16(23)18(4-5-18)17(24)22-8-6-19(7-9-22)26-10-11-27-19/h2-3,12H,4-11H2,1H3,(H,21,23). The third kappa shape index (κ3) is 3.39. The monoisotopic (exact) mass is 394 g/mol. The average molecular weight is 395 g/mol. The van der Waals surface area contributed by atoms with Gasteiger partial charge in [-0.15, -0.1) is 0 Å². The number of hydrogen-bond acceptors (Lipinski definition) is 5. The molecule has 2 amide bonds. The van der Waals surface area contributed by atoms with E-state index in [9.17, 15) is 9.59 Å². The first kappa shape index (κ1) is 18.5. The van der Waals surface area contributed by atoms with Crippen molar-refractivity contribution in [2.24, 2.45) is 5.41 Å². The van der Waals surface area contributed by atoms with E-state index in [0.29, 0.717) is 68.4 Å². The number of nitrogens with one attached hydrogen (secondary N) is 1. The Bertz CT molecular complexity index is 748. The zero-order valence-corrected chi connectivity index (χ0v) is 16.0. The predicted molar refractivity (Wildman–Crippen MR) is 98.7 cm³/mol. The van der Waals surface area contributed by atoms with Gasteiger partial charge >= 0.3 is 0 Å². The number of piperidine rings is 1. The molecule has 0 radical (unpaired) electrons. The first-order chi connectivity index (χ1) is 13.0. The number of hydrogen-bond donors (Lipinski definition) is 1. The van der Waals surface area contributed by atoms with Crippen molar-refractivity contribution < 1.29 is 23.8 Å². The zero-order valence-electron chi connectivity index (χ0n) is 15.3. The number of nitrogens with zero attached hydrogens (tertiary/aromatic N) is 1. The fraction of sp³-hybridized carbons (Fsp3) is 0.579. The van der Waals surface area contributed by atoms with Crippen molar-refractivity contribution in [3.8, 4) is 5.75 Å². The van der Waals surface area contributed by atoms with Crippen LogP contribution in [0.2, 0.25) is 5.02 Å². The zero-order chi connectivity index (χ0) is 19.1. The normalized spacial score (nSPS) is 22.5. The molecule has 3 fully saturated rings. The van der Waals surface area contributed by atoms with Gasteiger partial charge in [-0.25, -0.2) is 0 Å². The first-order valence-electron chi connectivity index (χ1n) is 9.20. The van der Waals surface area contributed by atoms with E-state index in [-0.39, 0.29) is 11.8 Å². The number of amides is 2. The van der Waals surface area contributed by atoms with Gasteiger partial charge in [0.2, 0.25) is 11.8 Å². The summed E-state index contributed by atoms with van der Waals surface area (Å²) in [6.45, 7) is 2.27. The van der Waals surface area contributed by atoms with Gasteiger partial charge in [-0.3, -0.25) is 9.59 Å². The number of likely N-dealkylation sites (tertiary alicyclic amines) is 1. The van der Waals surface area contributed by atoms with E-state index in [4.69, 9.17) is 25.8 Å². The molecule has 2 aliphatic heterocycles. The largest absolute Gasteiger partial charge is 0.495 e. The van der Waals surface area contributed by atoms with Gasteiger partial charge in [0.05, 0.1) is 26.0 Å². The summed E-state index contributed by atoms with van der Waals surface area (Å²) >= 11 is 6.03. The van der Waals surface area contributed by atoms with Crippen LogP contribution in [0, 0.1) is 5.41 Å². The molecule has 1 saturated carbocycles. The molecule has 2 saturated heterocycles. The molecule has 0 atom stereocenters. The Labute approximate surface area is 162 Å². The number of ether oxygens (including phenoxy) is 3. The highest BCUT2D eigenvalue weighted by Crippen LogP contribution is 2.49. The molecule has 0 aromatic heterocycles. The molecule has 1 aliphatic carbocycles. The second-order valence-electron chi connectivity index (χ2n) is 7.28. The quantitative estimate of drug-likeness (QED) is 0.794. The minimum atomic E-state index is -0.991. The molecule has 0 bridgehead atoms. The van der Waals surface area contributed by atoms with E-state index in [1.54, 1.807) is 23.1 Å². The fourth-order valence-electron chi connectivity index (χ4n) is 3.82.